The van der Waals surface area contributed by atoms with Gasteiger partial charge in [0.25, 0.3) is 0 Å². The van der Waals surface area contributed by atoms with Gasteiger partial charge in [0, 0.05) is 12.3 Å². The number of esters is 1. The van der Waals surface area contributed by atoms with Crippen LogP contribution in [0.15, 0.2) is 0 Å². The zero-order valence-electron chi connectivity index (χ0n) is 6.89. The van der Waals surface area contributed by atoms with Gasteiger partial charge in [-0.15, -0.1) is 6.42 Å². The summed E-state index contributed by atoms with van der Waals surface area (Å²) in [5, 5.41) is 0. The molecule has 11 heavy (non-hydrogen) atoms. The minimum absolute atomic E-state index is 0.177. The quantitative estimate of drug-likeness (QED) is 0.387. The van der Waals surface area contributed by atoms with Crippen LogP contribution in [0, 0.1) is 18.3 Å². The zero-order chi connectivity index (χ0) is 8.48. The fraction of sp³-hybridized carbons (Fsp3) is 0.667. The van der Waals surface area contributed by atoms with E-state index in [4.69, 9.17) is 11.2 Å². The lowest BCUT2D eigenvalue weighted by Gasteiger charge is -2.34. The number of ether oxygens (including phenoxy) is 1. The molecule has 2 nitrogen and oxygen atoms in total. The minimum atomic E-state index is -0.671. The molecule has 0 aliphatic carbocycles. The lowest BCUT2D eigenvalue weighted by atomic mass is 9.85. The van der Waals surface area contributed by atoms with E-state index in [2.05, 4.69) is 5.92 Å². The van der Waals surface area contributed by atoms with Crippen LogP contribution in [0.1, 0.15) is 26.7 Å². The van der Waals surface area contributed by atoms with E-state index in [-0.39, 0.29) is 11.9 Å². The Morgan fingerprint density at radius 2 is 2.45 bits per heavy atom. The number of hydrogen-bond acceptors (Lipinski definition) is 2. The molecule has 1 aliphatic heterocycles. The number of cyclic esters (lactones) is 1. The molecule has 1 aliphatic rings. The highest BCUT2D eigenvalue weighted by Crippen LogP contribution is 2.30. The third-order valence-electron chi connectivity index (χ3n) is 2.33. The summed E-state index contributed by atoms with van der Waals surface area (Å²) in [6.07, 6.45) is 6.59. The van der Waals surface area contributed by atoms with Crippen molar-refractivity contribution in [3.63, 3.8) is 0 Å². The first-order chi connectivity index (χ1) is 5.08. The molecule has 2 atom stereocenters. The molecule has 60 valence electrons. The Bertz CT molecular complexity index is 214. The molecule has 1 fully saturated rings. The number of rotatable bonds is 0. The van der Waals surface area contributed by atoms with Crippen LogP contribution in [-0.4, -0.2) is 11.6 Å². The second kappa shape index (κ2) is 2.58. The van der Waals surface area contributed by atoms with Gasteiger partial charge in [0.15, 0.2) is 5.60 Å². The van der Waals surface area contributed by atoms with E-state index in [0.717, 1.165) is 6.42 Å². The van der Waals surface area contributed by atoms with Gasteiger partial charge in [-0.1, -0.05) is 12.8 Å². The molecule has 0 amide bonds. The van der Waals surface area contributed by atoms with Crippen molar-refractivity contribution in [3.8, 4) is 12.3 Å². The van der Waals surface area contributed by atoms with E-state index in [9.17, 15) is 4.79 Å². The van der Waals surface area contributed by atoms with Crippen LogP contribution >= 0.6 is 0 Å². The van der Waals surface area contributed by atoms with E-state index in [1.54, 1.807) is 6.92 Å². The number of carbonyl (C=O) groups excluding carboxylic acids is 1. The molecule has 0 aromatic heterocycles. The van der Waals surface area contributed by atoms with Crippen LogP contribution in [0.3, 0.4) is 0 Å². The number of hydrogen-bond donors (Lipinski definition) is 0. The molecular formula is C9H12O2. The van der Waals surface area contributed by atoms with Crippen LogP contribution in [0.4, 0.5) is 0 Å². The molecule has 2 unspecified atom stereocenters. The van der Waals surface area contributed by atoms with Gasteiger partial charge in [0.1, 0.15) is 0 Å². The molecule has 0 radical (unpaired) electrons. The molecule has 1 saturated heterocycles. The van der Waals surface area contributed by atoms with Crippen LogP contribution in [0.5, 0.6) is 0 Å². The lowest BCUT2D eigenvalue weighted by molar-refractivity contribution is -0.163. The summed E-state index contributed by atoms with van der Waals surface area (Å²) in [6.45, 7) is 3.79. The Morgan fingerprint density at radius 1 is 1.82 bits per heavy atom. The van der Waals surface area contributed by atoms with Gasteiger partial charge in [0.05, 0.1) is 0 Å². The van der Waals surface area contributed by atoms with E-state index in [1.165, 1.54) is 0 Å². The SMILES string of the molecule is C#CC1(C)OC(=O)CCC1C. The third-order valence-corrected chi connectivity index (χ3v) is 2.33. The summed E-state index contributed by atoms with van der Waals surface area (Å²) in [4.78, 5) is 10.9. The van der Waals surface area contributed by atoms with E-state index in [0.29, 0.717) is 6.42 Å². The van der Waals surface area contributed by atoms with Gasteiger partial charge in [-0.2, -0.15) is 0 Å². The molecule has 0 aromatic rings. The zero-order valence-corrected chi connectivity index (χ0v) is 6.89. The summed E-state index contributed by atoms with van der Waals surface area (Å²) >= 11 is 0. The van der Waals surface area contributed by atoms with Gasteiger partial charge >= 0.3 is 5.97 Å². The first kappa shape index (κ1) is 8.13. The normalized spacial score (nSPS) is 37.5. The van der Waals surface area contributed by atoms with Crippen molar-refractivity contribution < 1.29 is 9.53 Å². The Labute approximate surface area is 66.9 Å². The Kier molecular flexibility index (Phi) is 1.90. The molecule has 0 aromatic carbocycles. The molecule has 0 saturated carbocycles. The average Bonchev–Trinajstić information content (AvgIpc) is 1.98. The van der Waals surface area contributed by atoms with Gasteiger partial charge in [-0.25, -0.2) is 0 Å². The summed E-state index contributed by atoms with van der Waals surface area (Å²) < 4.78 is 5.06. The Hall–Kier alpha value is -0.970. The Morgan fingerprint density at radius 3 is 2.91 bits per heavy atom. The highest BCUT2D eigenvalue weighted by atomic mass is 16.6. The van der Waals surface area contributed by atoms with Gasteiger partial charge in [0.2, 0.25) is 0 Å². The highest BCUT2D eigenvalue weighted by molar-refractivity contribution is 5.71. The van der Waals surface area contributed by atoms with Crippen LogP contribution < -0.4 is 0 Å². The molecule has 0 bridgehead atoms. The van der Waals surface area contributed by atoms with Crippen LogP contribution in [0.25, 0.3) is 0 Å². The molecular weight excluding hydrogens is 140 g/mol. The summed E-state index contributed by atoms with van der Waals surface area (Å²) in [5.74, 6) is 2.61. The van der Waals surface area contributed by atoms with Crippen LogP contribution in [0.2, 0.25) is 0 Å². The highest BCUT2D eigenvalue weighted by Gasteiger charge is 2.37. The predicted molar refractivity (Wildman–Crippen MR) is 41.7 cm³/mol. The maximum Gasteiger partial charge on any atom is 0.307 e. The van der Waals surface area contributed by atoms with Gasteiger partial charge in [-0.3, -0.25) is 4.79 Å². The second-order valence-electron chi connectivity index (χ2n) is 3.17. The number of carbonyl (C=O) groups is 1. The van der Waals surface area contributed by atoms with Crippen molar-refractivity contribution in [1.29, 1.82) is 0 Å². The van der Waals surface area contributed by atoms with Crippen molar-refractivity contribution in [2.45, 2.75) is 32.3 Å². The van der Waals surface area contributed by atoms with Gasteiger partial charge < -0.3 is 4.74 Å². The molecule has 1 heterocycles. The molecule has 0 spiro atoms. The predicted octanol–water partition coefficient (Wildman–Crippen LogP) is 1.35. The standard InChI is InChI=1S/C9H12O2/c1-4-9(3)7(2)5-6-8(10)11-9/h1,7H,5-6H2,2-3H3. The first-order valence-electron chi connectivity index (χ1n) is 3.78. The first-order valence-corrected chi connectivity index (χ1v) is 3.78. The van der Waals surface area contributed by atoms with Crippen molar-refractivity contribution in [2.75, 3.05) is 0 Å². The fourth-order valence-corrected chi connectivity index (χ4v) is 1.17. The summed E-state index contributed by atoms with van der Waals surface area (Å²) in [7, 11) is 0. The van der Waals surface area contributed by atoms with Gasteiger partial charge in [-0.05, 0) is 13.3 Å². The van der Waals surface area contributed by atoms with Crippen molar-refractivity contribution in [3.05, 3.63) is 0 Å². The summed E-state index contributed by atoms with van der Waals surface area (Å²) in [5.41, 5.74) is -0.671. The van der Waals surface area contributed by atoms with E-state index < -0.39 is 5.60 Å². The van der Waals surface area contributed by atoms with E-state index >= 15 is 0 Å². The van der Waals surface area contributed by atoms with Crippen molar-refractivity contribution in [2.24, 2.45) is 5.92 Å². The fourth-order valence-electron chi connectivity index (χ4n) is 1.17. The third kappa shape index (κ3) is 1.37. The van der Waals surface area contributed by atoms with E-state index in [1.807, 2.05) is 6.92 Å². The number of terminal acetylenes is 1. The maximum absolute atomic E-state index is 10.9. The van der Waals surface area contributed by atoms with Crippen molar-refractivity contribution >= 4 is 5.97 Å². The largest absolute Gasteiger partial charge is 0.446 e. The second-order valence-corrected chi connectivity index (χ2v) is 3.17. The summed E-state index contributed by atoms with van der Waals surface area (Å²) in [6, 6.07) is 0. The molecule has 0 N–H and O–H groups in total. The smallest absolute Gasteiger partial charge is 0.307 e. The monoisotopic (exact) mass is 152 g/mol. The average molecular weight is 152 g/mol. The topological polar surface area (TPSA) is 26.3 Å². The molecule has 2 heteroatoms. The minimum Gasteiger partial charge on any atom is -0.446 e. The van der Waals surface area contributed by atoms with Crippen molar-refractivity contribution in [1.82, 2.24) is 0 Å². The molecule has 1 rings (SSSR count). The Balaban J connectivity index is 2.78. The van der Waals surface area contributed by atoms with Crippen LogP contribution in [-0.2, 0) is 9.53 Å². The maximum atomic E-state index is 10.9. The lowest BCUT2D eigenvalue weighted by Crippen LogP contribution is -2.41.